The van der Waals surface area contributed by atoms with Gasteiger partial charge in [0.15, 0.2) is 0 Å². The Morgan fingerprint density at radius 3 is 2.27 bits per heavy atom. The maximum Gasteiger partial charge on any atom is 0.308 e. The minimum absolute atomic E-state index is 0.000242. The fourth-order valence-corrected chi connectivity index (χ4v) is 2.32. The van der Waals surface area contributed by atoms with Gasteiger partial charge in [-0.2, -0.15) is 0 Å². The van der Waals surface area contributed by atoms with Crippen LogP contribution >= 0.6 is 0 Å². The molecule has 2 atom stereocenters. The van der Waals surface area contributed by atoms with Gasteiger partial charge in [-0.25, -0.2) is 0 Å². The van der Waals surface area contributed by atoms with Gasteiger partial charge in [-0.1, -0.05) is 34.1 Å². The Bertz CT molecular complexity index is 209. The first-order valence-electron chi connectivity index (χ1n) is 6.23. The molecule has 1 aliphatic carbocycles. The van der Waals surface area contributed by atoms with Crippen molar-refractivity contribution in [1.29, 1.82) is 0 Å². The van der Waals surface area contributed by atoms with Gasteiger partial charge in [0.1, 0.15) is 6.10 Å². The summed E-state index contributed by atoms with van der Waals surface area (Å²) in [5.41, 5.74) is 0. The van der Waals surface area contributed by atoms with Gasteiger partial charge in [0, 0.05) is 0 Å². The molecule has 0 spiro atoms. The predicted molar refractivity (Wildman–Crippen MR) is 61.5 cm³/mol. The van der Waals surface area contributed by atoms with Crippen LogP contribution in [0.4, 0.5) is 0 Å². The molecule has 0 amide bonds. The summed E-state index contributed by atoms with van der Waals surface area (Å²) in [6.45, 7) is 8.25. The Kier molecular flexibility index (Phi) is 4.62. The highest BCUT2D eigenvalue weighted by atomic mass is 16.5. The molecule has 2 nitrogen and oxygen atoms in total. The molecule has 0 aliphatic heterocycles. The third-order valence-electron chi connectivity index (χ3n) is 3.35. The number of esters is 1. The lowest BCUT2D eigenvalue weighted by Crippen LogP contribution is -2.34. The number of hydrogen-bond donors (Lipinski definition) is 0. The summed E-state index contributed by atoms with van der Waals surface area (Å²) >= 11 is 0. The van der Waals surface area contributed by atoms with Crippen molar-refractivity contribution in [3.63, 3.8) is 0 Å². The molecule has 0 radical (unpaired) electrons. The summed E-state index contributed by atoms with van der Waals surface area (Å²) in [5, 5.41) is 0. The van der Waals surface area contributed by atoms with Crippen LogP contribution in [0, 0.1) is 17.8 Å². The van der Waals surface area contributed by atoms with Crippen molar-refractivity contribution in [1.82, 2.24) is 0 Å². The summed E-state index contributed by atoms with van der Waals surface area (Å²) in [6, 6.07) is 0. The number of carbonyl (C=O) groups is 1. The zero-order valence-electron chi connectivity index (χ0n) is 10.5. The van der Waals surface area contributed by atoms with E-state index in [9.17, 15) is 4.79 Å². The van der Waals surface area contributed by atoms with Crippen LogP contribution in [-0.2, 0) is 9.53 Å². The summed E-state index contributed by atoms with van der Waals surface area (Å²) in [6.07, 6.45) is 4.95. The topological polar surface area (TPSA) is 26.3 Å². The third-order valence-corrected chi connectivity index (χ3v) is 3.35. The van der Waals surface area contributed by atoms with Crippen LogP contribution in [0.25, 0.3) is 0 Å². The molecule has 2 unspecified atom stereocenters. The predicted octanol–water partition coefficient (Wildman–Crippen LogP) is 3.40. The monoisotopic (exact) mass is 212 g/mol. The fraction of sp³-hybridized carbons (Fsp3) is 0.923. The van der Waals surface area contributed by atoms with E-state index in [4.69, 9.17) is 4.74 Å². The van der Waals surface area contributed by atoms with Crippen LogP contribution in [0.1, 0.15) is 53.4 Å². The van der Waals surface area contributed by atoms with Gasteiger partial charge in [0.05, 0.1) is 5.92 Å². The standard InChI is InChI=1S/C13H24O2/c1-9(2)11-7-5-6-8-12(11)15-13(14)10(3)4/h9-12H,5-8H2,1-4H3. The van der Waals surface area contributed by atoms with Crippen LogP contribution in [0.5, 0.6) is 0 Å². The van der Waals surface area contributed by atoms with E-state index in [-0.39, 0.29) is 18.0 Å². The van der Waals surface area contributed by atoms with Crippen LogP contribution in [-0.4, -0.2) is 12.1 Å². The maximum atomic E-state index is 11.6. The number of carbonyl (C=O) groups excluding carboxylic acids is 1. The van der Waals surface area contributed by atoms with Gasteiger partial charge in [-0.3, -0.25) is 4.79 Å². The molecule has 2 heteroatoms. The highest BCUT2D eigenvalue weighted by molar-refractivity contribution is 5.71. The molecule has 0 bridgehead atoms. The highest BCUT2D eigenvalue weighted by Gasteiger charge is 2.30. The number of rotatable bonds is 3. The summed E-state index contributed by atoms with van der Waals surface area (Å²) < 4.78 is 5.59. The normalized spacial score (nSPS) is 27.1. The summed E-state index contributed by atoms with van der Waals surface area (Å²) in [4.78, 5) is 11.6. The lowest BCUT2D eigenvalue weighted by Gasteiger charge is -2.34. The molecule has 0 heterocycles. The van der Waals surface area contributed by atoms with Gasteiger partial charge < -0.3 is 4.74 Å². The Labute approximate surface area is 93.4 Å². The van der Waals surface area contributed by atoms with E-state index >= 15 is 0 Å². The minimum atomic E-state index is -0.0347. The molecular weight excluding hydrogens is 188 g/mol. The second kappa shape index (κ2) is 5.53. The van der Waals surface area contributed by atoms with Gasteiger partial charge in [-0.15, -0.1) is 0 Å². The molecule has 0 aromatic heterocycles. The quantitative estimate of drug-likeness (QED) is 0.670. The molecule has 1 fully saturated rings. The van der Waals surface area contributed by atoms with Crippen molar-refractivity contribution in [2.24, 2.45) is 17.8 Å². The van der Waals surface area contributed by atoms with Gasteiger partial charge >= 0.3 is 5.97 Å². The van der Waals surface area contributed by atoms with E-state index in [1.54, 1.807) is 0 Å². The minimum Gasteiger partial charge on any atom is -0.462 e. The lowest BCUT2D eigenvalue weighted by molar-refractivity contribution is -0.158. The summed E-state index contributed by atoms with van der Waals surface area (Å²) in [5.74, 6) is 1.16. The Morgan fingerprint density at radius 1 is 1.13 bits per heavy atom. The van der Waals surface area contributed by atoms with E-state index in [1.165, 1.54) is 19.3 Å². The first-order valence-corrected chi connectivity index (χ1v) is 6.23. The third kappa shape index (κ3) is 3.51. The number of ether oxygens (including phenoxy) is 1. The maximum absolute atomic E-state index is 11.6. The molecule has 1 saturated carbocycles. The van der Waals surface area contributed by atoms with Crippen molar-refractivity contribution in [3.8, 4) is 0 Å². The number of hydrogen-bond acceptors (Lipinski definition) is 2. The molecular formula is C13H24O2. The van der Waals surface area contributed by atoms with Crippen molar-refractivity contribution in [3.05, 3.63) is 0 Å². The van der Waals surface area contributed by atoms with Crippen LogP contribution in [0.3, 0.4) is 0 Å². The smallest absolute Gasteiger partial charge is 0.308 e. The van der Waals surface area contributed by atoms with E-state index in [2.05, 4.69) is 13.8 Å². The largest absolute Gasteiger partial charge is 0.462 e. The second-order valence-electron chi connectivity index (χ2n) is 5.32. The van der Waals surface area contributed by atoms with Crippen LogP contribution < -0.4 is 0 Å². The zero-order valence-corrected chi connectivity index (χ0v) is 10.5. The Morgan fingerprint density at radius 2 is 1.73 bits per heavy atom. The van der Waals surface area contributed by atoms with Crippen molar-refractivity contribution >= 4 is 5.97 Å². The molecule has 0 aromatic rings. The molecule has 0 aromatic carbocycles. The molecule has 1 aliphatic rings. The second-order valence-corrected chi connectivity index (χ2v) is 5.32. The van der Waals surface area contributed by atoms with Gasteiger partial charge in [0.25, 0.3) is 0 Å². The molecule has 0 N–H and O–H groups in total. The van der Waals surface area contributed by atoms with E-state index in [0.717, 1.165) is 6.42 Å². The Hall–Kier alpha value is -0.530. The van der Waals surface area contributed by atoms with Crippen molar-refractivity contribution in [2.75, 3.05) is 0 Å². The lowest BCUT2D eigenvalue weighted by atomic mass is 9.79. The zero-order chi connectivity index (χ0) is 11.4. The first-order chi connectivity index (χ1) is 7.02. The van der Waals surface area contributed by atoms with E-state index in [1.807, 2.05) is 13.8 Å². The van der Waals surface area contributed by atoms with Crippen LogP contribution in [0.15, 0.2) is 0 Å². The molecule has 88 valence electrons. The highest BCUT2D eigenvalue weighted by Crippen LogP contribution is 2.32. The average molecular weight is 212 g/mol. The summed E-state index contributed by atoms with van der Waals surface area (Å²) in [7, 11) is 0. The Balaban J connectivity index is 2.53. The van der Waals surface area contributed by atoms with E-state index < -0.39 is 0 Å². The van der Waals surface area contributed by atoms with Gasteiger partial charge in [-0.05, 0) is 31.1 Å². The average Bonchev–Trinajstić information content (AvgIpc) is 2.18. The van der Waals surface area contributed by atoms with E-state index in [0.29, 0.717) is 11.8 Å². The van der Waals surface area contributed by atoms with Crippen LogP contribution in [0.2, 0.25) is 0 Å². The first kappa shape index (κ1) is 12.5. The fourth-order valence-electron chi connectivity index (χ4n) is 2.32. The molecule has 1 rings (SSSR count). The van der Waals surface area contributed by atoms with Gasteiger partial charge in [0.2, 0.25) is 0 Å². The molecule has 15 heavy (non-hydrogen) atoms. The van der Waals surface area contributed by atoms with Crippen molar-refractivity contribution in [2.45, 2.75) is 59.5 Å². The van der Waals surface area contributed by atoms with Crippen molar-refractivity contribution < 1.29 is 9.53 Å². The molecule has 0 saturated heterocycles. The SMILES string of the molecule is CC(C)C(=O)OC1CCCCC1C(C)C.